The minimum atomic E-state index is 0.553. The minimum absolute atomic E-state index is 0.553. The van der Waals surface area contributed by atoms with E-state index >= 15 is 0 Å². The molecule has 0 amide bonds. The maximum atomic E-state index is 8.69. The fraction of sp³-hybridized carbons (Fsp3) is 0.211. The summed E-state index contributed by atoms with van der Waals surface area (Å²) in [4.78, 5) is 0. The maximum absolute atomic E-state index is 8.69. The molecule has 0 spiro atoms. The van der Waals surface area contributed by atoms with E-state index in [1.54, 1.807) is 18.9 Å². The van der Waals surface area contributed by atoms with E-state index in [1.807, 2.05) is 54.6 Å². The van der Waals surface area contributed by atoms with Crippen molar-refractivity contribution in [2.75, 3.05) is 12.9 Å². The van der Waals surface area contributed by atoms with Gasteiger partial charge < -0.3 is 4.74 Å². The first-order chi connectivity index (χ1) is 12.3. The van der Waals surface area contributed by atoms with E-state index in [2.05, 4.69) is 20.8 Å². The van der Waals surface area contributed by atoms with Crippen molar-refractivity contribution in [1.29, 1.82) is 5.26 Å². The van der Waals surface area contributed by atoms with Crippen molar-refractivity contribution in [3.05, 3.63) is 54.6 Å². The Morgan fingerprint density at radius 2 is 1.84 bits per heavy atom. The maximum Gasteiger partial charge on any atom is 0.196 e. The molecule has 0 fully saturated rings. The molecule has 0 saturated heterocycles. The molecule has 6 heteroatoms. The second-order valence-electron chi connectivity index (χ2n) is 5.32. The minimum Gasteiger partial charge on any atom is -0.497 e. The molecule has 126 valence electrons. The number of thioether (sulfide) groups is 1. The summed E-state index contributed by atoms with van der Waals surface area (Å²) >= 11 is 1.62. The first kappa shape index (κ1) is 17.1. The van der Waals surface area contributed by atoms with Crippen LogP contribution in [0, 0.1) is 11.3 Å². The van der Waals surface area contributed by atoms with Gasteiger partial charge in [-0.2, -0.15) is 5.26 Å². The lowest BCUT2D eigenvalue weighted by molar-refractivity contribution is 0.415. The van der Waals surface area contributed by atoms with Crippen LogP contribution < -0.4 is 4.74 Å². The van der Waals surface area contributed by atoms with E-state index < -0.39 is 0 Å². The van der Waals surface area contributed by atoms with Gasteiger partial charge in [0.2, 0.25) is 0 Å². The number of unbranched alkanes of at least 4 members (excludes halogenated alkanes) is 1. The number of ether oxygens (including phenoxy) is 1. The summed E-state index contributed by atoms with van der Waals surface area (Å²) in [6.45, 7) is 0. The lowest BCUT2D eigenvalue weighted by Crippen LogP contribution is -1.99. The van der Waals surface area contributed by atoms with Crippen molar-refractivity contribution in [2.24, 2.45) is 0 Å². The topological polar surface area (TPSA) is 63.7 Å². The van der Waals surface area contributed by atoms with Crippen molar-refractivity contribution < 1.29 is 4.74 Å². The Kier molecular flexibility index (Phi) is 5.70. The summed E-state index contributed by atoms with van der Waals surface area (Å²) in [5, 5.41) is 18.3. The van der Waals surface area contributed by atoms with E-state index in [0.717, 1.165) is 40.2 Å². The van der Waals surface area contributed by atoms with Gasteiger partial charge in [0.05, 0.1) is 13.2 Å². The van der Waals surface area contributed by atoms with Crippen LogP contribution in [-0.4, -0.2) is 27.6 Å². The molecule has 2 aromatic carbocycles. The van der Waals surface area contributed by atoms with Crippen LogP contribution in [0.4, 0.5) is 0 Å². The molecule has 5 nitrogen and oxygen atoms in total. The molecule has 3 rings (SSSR count). The predicted octanol–water partition coefficient (Wildman–Crippen LogP) is 4.34. The van der Waals surface area contributed by atoms with Crippen molar-refractivity contribution in [3.63, 3.8) is 0 Å². The first-order valence-corrected chi connectivity index (χ1v) is 8.97. The fourth-order valence-corrected chi connectivity index (χ4v) is 3.31. The molecule has 0 bridgehead atoms. The standard InChI is InChI=1S/C19H18N4OS/c1-24-17-11-9-15(10-12-17)18-21-22-19(25-14-6-5-13-20)23(18)16-7-3-2-4-8-16/h2-4,7-12H,5-6,14H2,1H3. The largest absolute Gasteiger partial charge is 0.497 e. The molecular formula is C19H18N4OS. The van der Waals surface area contributed by atoms with Gasteiger partial charge in [0.25, 0.3) is 0 Å². The number of methoxy groups -OCH3 is 1. The molecule has 0 aliphatic rings. The number of rotatable bonds is 7. The SMILES string of the molecule is COc1ccc(-c2nnc(SCCCC#N)n2-c2ccccc2)cc1. The van der Waals surface area contributed by atoms with Gasteiger partial charge in [0.1, 0.15) is 5.75 Å². The molecule has 1 aromatic heterocycles. The normalized spacial score (nSPS) is 10.4. The van der Waals surface area contributed by atoms with Crippen LogP contribution in [0.25, 0.3) is 17.1 Å². The number of nitrogens with zero attached hydrogens (tertiary/aromatic N) is 4. The van der Waals surface area contributed by atoms with Gasteiger partial charge in [-0.3, -0.25) is 4.57 Å². The van der Waals surface area contributed by atoms with Crippen LogP contribution >= 0.6 is 11.8 Å². The second-order valence-corrected chi connectivity index (χ2v) is 6.38. The number of aromatic nitrogens is 3. The molecule has 0 N–H and O–H groups in total. The Hall–Kier alpha value is -2.78. The Morgan fingerprint density at radius 1 is 1.08 bits per heavy atom. The summed E-state index contributed by atoms with van der Waals surface area (Å²) in [5.41, 5.74) is 1.99. The van der Waals surface area contributed by atoms with Crippen LogP contribution in [-0.2, 0) is 0 Å². The van der Waals surface area contributed by atoms with E-state index in [9.17, 15) is 0 Å². The van der Waals surface area contributed by atoms with Crippen LogP contribution in [0.15, 0.2) is 59.8 Å². The Morgan fingerprint density at radius 3 is 2.52 bits per heavy atom. The van der Waals surface area contributed by atoms with Crippen LogP contribution in [0.5, 0.6) is 5.75 Å². The highest BCUT2D eigenvalue weighted by Gasteiger charge is 2.16. The van der Waals surface area contributed by atoms with Gasteiger partial charge in [-0.25, -0.2) is 0 Å². The Balaban J connectivity index is 1.97. The van der Waals surface area contributed by atoms with E-state index in [-0.39, 0.29) is 0 Å². The molecule has 0 saturated carbocycles. The Labute approximate surface area is 151 Å². The summed E-state index contributed by atoms with van der Waals surface area (Å²) < 4.78 is 7.28. The monoisotopic (exact) mass is 350 g/mol. The zero-order chi connectivity index (χ0) is 17.5. The highest BCUT2D eigenvalue weighted by Crippen LogP contribution is 2.29. The number of nitriles is 1. The molecule has 0 aliphatic carbocycles. The third-order valence-corrected chi connectivity index (χ3v) is 4.68. The van der Waals surface area contributed by atoms with Gasteiger partial charge in [-0.05, 0) is 42.8 Å². The van der Waals surface area contributed by atoms with Gasteiger partial charge in [0, 0.05) is 23.4 Å². The zero-order valence-corrected chi connectivity index (χ0v) is 14.7. The molecule has 3 aromatic rings. The molecule has 0 aliphatic heterocycles. The third-order valence-electron chi connectivity index (χ3n) is 3.66. The van der Waals surface area contributed by atoms with Gasteiger partial charge in [-0.15, -0.1) is 10.2 Å². The van der Waals surface area contributed by atoms with E-state index in [0.29, 0.717) is 6.42 Å². The van der Waals surface area contributed by atoms with Crippen molar-refractivity contribution >= 4 is 11.8 Å². The van der Waals surface area contributed by atoms with E-state index in [1.165, 1.54) is 0 Å². The summed E-state index contributed by atoms with van der Waals surface area (Å²) in [6, 6.07) is 20.0. The van der Waals surface area contributed by atoms with E-state index in [4.69, 9.17) is 10.00 Å². The fourth-order valence-electron chi connectivity index (χ4n) is 2.41. The number of hydrogen-bond acceptors (Lipinski definition) is 5. The van der Waals surface area contributed by atoms with Crippen LogP contribution in [0.2, 0.25) is 0 Å². The van der Waals surface area contributed by atoms with Crippen molar-refractivity contribution in [1.82, 2.24) is 14.8 Å². The average Bonchev–Trinajstić information content (AvgIpc) is 3.10. The van der Waals surface area contributed by atoms with Gasteiger partial charge in [-0.1, -0.05) is 30.0 Å². The zero-order valence-electron chi connectivity index (χ0n) is 13.9. The molecule has 0 atom stereocenters. The van der Waals surface area contributed by atoms with Crippen LogP contribution in [0.1, 0.15) is 12.8 Å². The highest BCUT2D eigenvalue weighted by atomic mass is 32.2. The summed E-state index contributed by atoms with van der Waals surface area (Å²) in [7, 11) is 1.65. The quantitative estimate of drug-likeness (QED) is 0.468. The average molecular weight is 350 g/mol. The molecule has 1 heterocycles. The number of para-hydroxylation sites is 1. The molecule has 25 heavy (non-hydrogen) atoms. The number of hydrogen-bond donors (Lipinski definition) is 0. The molecular weight excluding hydrogens is 332 g/mol. The predicted molar refractivity (Wildman–Crippen MR) is 98.9 cm³/mol. The summed E-state index contributed by atoms with van der Waals surface area (Å²) in [5.74, 6) is 2.43. The third kappa shape index (κ3) is 4.01. The lowest BCUT2D eigenvalue weighted by atomic mass is 10.2. The number of benzene rings is 2. The molecule has 0 unspecified atom stereocenters. The van der Waals surface area contributed by atoms with Gasteiger partial charge >= 0.3 is 0 Å². The smallest absolute Gasteiger partial charge is 0.196 e. The lowest BCUT2D eigenvalue weighted by Gasteiger charge is -2.10. The van der Waals surface area contributed by atoms with Crippen LogP contribution in [0.3, 0.4) is 0 Å². The highest BCUT2D eigenvalue weighted by molar-refractivity contribution is 7.99. The Bertz CT molecular complexity index is 853. The summed E-state index contributed by atoms with van der Waals surface area (Å²) in [6.07, 6.45) is 1.39. The van der Waals surface area contributed by atoms with Crippen molar-refractivity contribution in [2.45, 2.75) is 18.0 Å². The van der Waals surface area contributed by atoms with Crippen molar-refractivity contribution in [3.8, 4) is 28.9 Å². The second kappa shape index (κ2) is 8.36. The van der Waals surface area contributed by atoms with Gasteiger partial charge in [0.15, 0.2) is 11.0 Å². The first-order valence-electron chi connectivity index (χ1n) is 7.98. The molecule has 0 radical (unpaired) electrons.